The third-order valence-corrected chi connectivity index (χ3v) is 2.72. The zero-order valence-corrected chi connectivity index (χ0v) is 9.87. The molecule has 19 heavy (non-hydrogen) atoms. The Bertz CT molecular complexity index is 642. The van der Waals surface area contributed by atoms with Gasteiger partial charge in [-0.1, -0.05) is 0 Å². The Labute approximate surface area is 108 Å². The number of carbonyl (C=O) groups is 1. The molecule has 96 valence electrons. The summed E-state index contributed by atoms with van der Waals surface area (Å²) < 4.78 is 10.9. The molecule has 2 heterocycles. The Morgan fingerprint density at radius 2 is 1.89 bits per heavy atom. The fourth-order valence-corrected chi connectivity index (χ4v) is 1.83. The smallest absolute Gasteiger partial charge is 0.354 e. The van der Waals surface area contributed by atoms with E-state index in [0.717, 1.165) is 5.56 Å². The van der Waals surface area contributed by atoms with Crippen LogP contribution in [0.4, 0.5) is 0 Å². The molecule has 0 saturated carbocycles. The van der Waals surface area contributed by atoms with Gasteiger partial charge in [-0.2, -0.15) is 0 Å². The van der Waals surface area contributed by atoms with E-state index in [9.17, 15) is 4.79 Å². The molecule has 0 radical (unpaired) electrons. The van der Waals surface area contributed by atoms with E-state index in [2.05, 4.69) is 9.97 Å². The quantitative estimate of drug-likeness (QED) is 0.881. The Morgan fingerprint density at radius 1 is 1.11 bits per heavy atom. The van der Waals surface area contributed by atoms with Crippen LogP contribution in [0.1, 0.15) is 10.5 Å². The average molecular weight is 258 g/mol. The zero-order valence-electron chi connectivity index (χ0n) is 9.87. The molecule has 0 unspecified atom stereocenters. The van der Waals surface area contributed by atoms with Crippen LogP contribution in [0.2, 0.25) is 0 Å². The molecule has 1 aromatic carbocycles. The molecule has 1 aromatic heterocycles. The summed E-state index contributed by atoms with van der Waals surface area (Å²) in [5, 5.41) is 8.91. The molecular formula is C13H10N2O4. The van der Waals surface area contributed by atoms with Gasteiger partial charge in [0.15, 0.2) is 17.2 Å². The van der Waals surface area contributed by atoms with Crippen molar-refractivity contribution in [3.63, 3.8) is 0 Å². The summed E-state index contributed by atoms with van der Waals surface area (Å²) in [6.45, 7) is 1.03. The van der Waals surface area contributed by atoms with Gasteiger partial charge in [-0.3, -0.25) is 0 Å². The molecule has 0 amide bonds. The molecule has 0 spiro atoms. The number of fused-ring (bicyclic) bond motifs is 1. The molecule has 0 atom stereocenters. The first-order valence-corrected chi connectivity index (χ1v) is 5.69. The molecular weight excluding hydrogens is 248 g/mol. The monoisotopic (exact) mass is 258 g/mol. The van der Waals surface area contributed by atoms with Crippen LogP contribution in [0.3, 0.4) is 0 Å². The van der Waals surface area contributed by atoms with Crippen molar-refractivity contribution < 1.29 is 19.4 Å². The second-order valence-corrected chi connectivity index (χ2v) is 3.95. The number of ether oxygens (including phenoxy) is 2. The molecule has 0 fully saturated rings. The van der Waals surface area contributed by atoms with E-state index < -0.39 is 5.97 Å². The maximum Gasteiger partial charge on any atom is 0.354 e. The fourth-order valence-electron chi connectivity index (χ4n) is 1.83. The highest BCUT2D eigenvalue weighted by Gasteiger charge is 2.14. The normalized spacial score (nSPS) is 13.1. The number of nitrogens with zero attached hydrogens (tertiary/aromatic N) is 2. The summed E-state index contributed by atoms with van der Waals surface area (Å²) in [5.74, 6) is 0.239. The number of rotatable bonds is 2. The molecule has 6 heteroatoms. The first kappa shape index (κ1) is 11.5. The van der Waals surface area contributed by atoms with E-state index in [1.54, 1.807) is 12.1 Å². The van der Waals surface area contributed by atoms with Crippen LogP contribution in [0.15, 0.2) is 30.6 Å². The lowest BCUT2D eigenvalue weighted by Gasteiger charge is -2.18. The van der Waals surface area contributed by atoms with E-state index in [1.165, 1.54) is 12.4 Å². The largest absolute Gasteiger partial charge is 0.486 e. The summed E-state index contributed by atoms with van der Waals surface area (Å²) in [4.78, 5) is 18.6. The number of benzene rings is 1. The van der Waals surface area contributed by atoms with Crippen molar-refractivity contribution >= 4 is 5.97 Å². The maximum absolute atomic E-state index is 10.9. The lowest BCUT2D eigenvalue weighted by Crippen LogP contribution is -2.15. The second-order valence-electron chi connectivity index (χ2n) is 3.95. The molecule has 0 aliphatic carbocycles. The van der Waals surface area contributed by atoms with Crippen molar-refractivity contribution in [1.29, 1.82) is 0 Å². The van der Waals surface area contributed by atoms with Crippen molar-refractivity contribution in [1.82, 2.24) is 9.97 Å². The first-order valence-electron chi connectivity index (χ1n) is 5.69. The van der Waals surface area contributed by atoms with Gasteiger partial charge in [0, 0.05) is 5.56 Å². The Kier molecular flexibility index (Phi) is 2.75. The molecule has 0 bridgehead atoms. The van der Waals surface area contributed by atoms with Gasteiger partial charge in [-0.15, -0.1) is 0 Å². The third kappa shape index (κ3) is 2.20. The SMILES string of the molecule is O=C(O)c1cc(-c2ccc3c(c2)OCCO3)ncn1. The highest BCUT2D eigenvalue weighted by molar-refractivity contribution is 5.86. The molecule has 1 aliphatic heterocycles. The summed E-state index contributed by atoms with van der Waals surface area (Å²) in [6.07, 6.45) is 1.23. The van der Waals surface area contributed by atoms with Crippen LogP contribution >= 0.6 is 0 Å². The number of carboxylic acid groups (broad SMARTS) is 1. The van der Waals surface area contributed by atoms with E-state index in [0.29, 0.717) is 30.4 Å². The summed E-state index contributed by atoms with van der Waals surface area (Å²) in [6, 6.07) is 6.80. The van der Waals surface area contributed by atoms with Gasteiger partial charge in [0.2, 0.25) is 0 Å². The van der Waals surface area contributed by atoms with Gasteiger partial charge in [-0.25, -0.2) is 14.8 Å². The van der Waals surface area contributed by atoms with Gasteiger partial charge in [0.05, 0.1) is 5.69 Å². The molecule has 3 rings (SSSR count). The van der Waals surface area contributed by atoms with Crippen LogP contribution in [-0.2, 0) is 0 Å². The van der Waals surface area contributed by atoms with Gasteiger partial charge in [0.1, 0.15) is 19.5 Å². The number of hydrogen-bond donors (Lipinski definition) is 1. The maximum atomic E-state index is 10.9. The van der Waals surface area contributed by atoms with Crippen molar-refractivity contribution in [2.45, 2.75) is 0 Å². The van der Waals surface area contributed by atoms with Crippen LogP contribution in [0.25, 0.3) is 11.3 Å². The summed E-state index contributed by atoms with van der Waals surface area (Å²) in [5.41, 5.74) is 1.25. The van der Waals surface area contributed by atoms with Crippen LogP contribution in [0, 0.1) is 0 Å². The number of hydrogen-bond acceptors (Lipinski definition) is 5. The van der Waals surface area contributed by atoms with Gasteiger partial charge < -0.3 is 14.6 Å². The minimum absolute atomic E-state index is 0.0418. The lowest BCUT2D eigenvalue weighted by atomic mass is 10.1. The van der Waals surface area contributed by atoms with Crippen LogP contribution in [-0.4, -0.2) is 34.3 Å². The average Bonchev–Trinajstić information content (AvgIpc) is 2.47. The topological polar surface area (TPSA) is 81.5 Å². The number of aromatic nitrogens is 2. The third-order valence-electron chi connectivity index (χ3n) is 2.72. The standard InChI is InChI=1S/C13H10N2O4/c16-13(17)10-6-9(14-7-15-10)8-1-2-11-12(5-8)19-4-3-18-11/h1-2,5-7H,3-4H2,(H,16,17). The number of aromatic carboxylic acids is 1. The van der Waals surface area contributed by atoms with Crippen molar-refractivity contribution in [2.24, 2.45) is 0 Å². The van der Waals surface area contributed by atoms with E-state index in [4.69, 9.17) is 14.6 Å². The van der Waals surface area contributed by atoms with Crippen molar-refractivity contribution in [3.8, 4) is 22.8 Å². The zero-order chi connectivity index (χ0) is 13.2. The molecule has 1 aliphatic rings. The van der Waals surface area contributed by atoms with E-state index >= 15 is 0 Å². The molecule has 2 aromatic rings. The van der Waals surface area contributed by atoms with Crippen LogP contribution in [0.5, 0.6) is 11.5 Å². The van der Waals surface area contributed by atoms with Gasteiger partial charge in [0.25, 0.3) is 0 Å². The van der Waals surface area contributed by atoms with Crippen molar-refractivity contribution in [2.75, 3.05) is 13.2 Å². The highest BCUT2D eigenvalue weighted by atomic mass is 16.6. The van der Waals surface area contributed by atoms with E-state index in [1.807, 2.05) is 6.07 Å². The number of carboxylic acids is 1. The Morgan fingerprint density at radius 3 is 2.68 bits per heavy atom. The van der Waals surface area contributed by atoms with Gasteiger partial charge in [-0.05, 0) is 24.3 Å². The first-order chi connectivity index (χ1) is 9.24. The second kappa shape index (κ2) is 4.56. The van der Waals surface area contributed by atoms with Gasteiger partial charge >= 0.3 is 5.97 Å². The highest BCUT2D eigenvalue weighted by Crippen LogP contribution is 2.33. The van der Waals surface area contributed by atoms with Crippen LogP contribution < -0.4 is 9.47 Å². The minimum Gasteiger partial charge on any atom is -0.486 e. The molecule has 1 N–H and O–H groups in total. The Hall–Kier alpha value is -2.63. The lowest BCUT2D eigenvalue weighted by molar-refractivity contribution is 0.0690. The predicted molar refractivity (Wildman–Crippen MR) is 65.4 cm³/mol. The summed E-state index contributed by atoms with van der Waals surface area (Å²) >= 11 is 0. The van der Waals surface area contributed by atoms with E-state index in [-0.39, 0.29) is 5.69 Å². The summed E-state index contributed by atoms with van der Waals surface area (Å²) in [7, 11) is 0. The minimum atomic E-state index is -1.08. The molecule has 6 nitrogen and oxygen atoms in total. The molecule has 0 saturated heterocycles. The fraction of sp³-hybridized carbons (Fsp3) is 0.154. The predicted octanol–water partition coefficient (Wildman–Crippen LogP) is 1.61. The Balaban J connectivity index is 2.02. The van der Waals surface area contributed by atoms with Crippen molar-refractivity contribution in [3.05, 3.63) is 36.3 Å².